The fourth-order valence-corrected chi connectivity index (χ4v) is 2.37. The molecule has 3 N–H and O–H groups in total. The highest BCUT2D eigenvalue weighted by Crippen LogP contribution is 2.28. The summed E-state index contributed by atoms with van der Waals surface area (Å²) in [4.78, 5) is 11.3. The first-order chi connectivity index (χ1) is 9.30. The van der Waals surface area contributed by atoms with Crippen LogP contribution in [0.4, 0.5) is 18.9 Å². The molecule has 2 aromatic rings. The van der Waals surface area contributed by atoms with Gasteiger partial charge in [0.1, 0.15) is 11.0 Å². The Balaban J connectivity index is 2.54. The Morgan fingerprint density at radius 2 is 1.70 bits per heavy atom. The predicted octanol–water partition coefficient (Wildman–Crippen LogP) is 2.32. The van der Waals surface area contributed by atoms with E-state index in [1.165, 1.54) is 30.3 Å². The smallest absolute Gasteiger partial charge is 0.318 e. The Kier molecular flexibility index (Phi) is 3.78. The standard InChI is InChI=1S/C12H9F3N2O2S/c13-12(14,15)11(18)17-9-5-1-4-8-7(9)3-2-6-10(8)20(16)19/h1-6H,16H2,(H,17,18). The quantitative estimate of drug-likeness (QED) is 0.893. The summed E-state index contributed by atoms with van der Waals surface area (Å²) in [6.07, 6.45) is -4.98. The molecule has 0 fully saturated rings. The molecule has 0 radical (unpaired) electrons. The van der Waals surface area contributed by atoms with Crippen LogP contribution in [0.25, 0.3) is 10.8 Å². The minimum atomic E-state index is -4.98. The van der Waals surface area contributed by atoms with E-state index < -0.39 is 23.1 Å². The molecule has 0 aliphatic rings. The van der Waals surface area contributed by atoms with E-state index in [1.54, 1.807) is 11.4 Å². The lowest BCUT2D eigenvalue weighted by atomic mass is 10.1. The maximum absolute atomic E-state index is 12.3. The van der Waals surface area contributed by atoms with Crippen molar-refractivity contribution in [3.63, 3.8) is 0 Å². The molecule has 2 rings (SSSR count). The van der Waals surface area contributed by atoms with Gasteiger partial charge in [0, 0.05) is 16.5 Å². The van der Waals surface area contributed by atoms with E-state index in [2.05, 4.69) is 0 Å². The molecule has 8 heteroatoms. The third kappa shape index (κ3) is 2.81. The van der Waals surface area contributed by atoms with Gasteiger partial charge < -0.3 is 5.32 Å². The van der Waals surface area contributed by atoms with Crippen LogP contribution in [-0.2, 0) is 15.8 Å². The van der Waals surface area contributed by atoms with Gasteiger partial charge in [-0.2, -0.15) is 13.2 Å². The predicted molar refractivity (Wildman–Crippen MR) is 69.2 cm³/mol. The van der Waals surface area contributed by atoms with E-state index in [-0.39, 0.29) is 10.6 Å². The average molecular weight is 302 g/mol. The summed E-state index contributed by atoms with van der Waals surface area (Å²) in [5.41, 5.74) is -0.0166. The van der Waals surface area contributed by atoms with Gasteiger partial charge in [-0.15, -0.1) is 0 Å². The molecule has 2 aromatic carbocycles. The Bertz CT molecular complexity index is 701. The van der Waals surface area contributed by atoms with Gasteiger partial charge in [-0.3, -0.25) is 4.79 Å². The minimum Gasteiger partial charge on any atom is -0.318 e. The van der Waals surface area contributed by atoms with Gasteiger partial charge in [0.05, 0.1) is 4.90 Å². The topological polar surface area (TPSA) is 72.2 Å². The molecule has 106 valence electrons. The number of halogens is 3. The van der Waals surface area contributed by atoms with Crippen molar-refractivity contribution in [2.24, 2.45) is 5.14 Å². The van der Waals surface area contributed by atoms with Crippen LogP contribution in [0.15, 0.2) is 41.3 Å². The van der Waals surface area contributed by atoms with Crippen LogP contribution in [0.5, 0.6) is 0 Å². The number of amides is 1. The lowest BCUT2D eigenvalue weighted by Gasteiger charge is -2.11. The summed E-state index contributed by atoms with van der Waals surface area (Å²) in [6.45, 7) is 0. The Morgan fingerprint density at radius 3 is 2.30 bits per heavy atom. The van der Waals surface area contributed by atoms with Crippen LogP contribution >= 0.6 is 0 Å². The Morgan fingerprint density at radius 1 is 1.10 bits per heavy atom. The minimum absolute atomic E-state index is 0.0166. The number of alkyl halides is 3. The van der Waals surface area contributed by atoms with Crippen LogP contribution in [0.3, 0.4) is 0 Å². The summed E-state index contributed by atoms with van der Waals surface area (Å²) in [7, 11) is -1.78. The fourth-order valence-electron chi connectivity index (χ4n) is 1.76. The molecule has 0 aliphatic heterocycles. The fraction of sp³-hybridized carbons (Fsp3) is 0.0833. The van der Waals surface area contributed by atoms with E-state index in [1.807, 2.05) is 0 Å². The lowest BCUT2D eigenvalue weighted by molar-refractivity contribution is -0.167. The molecule has 1 amide bonds. The van der Waals surface area contributed by atoms with Crippen LogP contribution in [0.2, 0.25) is 0 Å². The number of nitrogens with two attached hydrogens (primary N) is 1. The highest BCUT2D eigenvalue weighted by atomic mass is 32.2. The first kappa shape index (κ1) is 14.5. The molecule has 0 spiro atoms. The highest BCUT2D eigenvalue weighted by Gasteiger charge is 2.38. The second-order valence-electron chi connectivity index (χ2n) is 3.91. The van der Waals surface area contributed by atoms with Crippen LogP contribution in [-0.4, -0.2) is 16.3 Å². The van der Waals surface area contributed by atoms with Crippen molar-refractivity contribution in [2.45, 2.75) is 11.1 Å². The molecule has 1 unspecified atom stereocenters. The molecule has 4 nitrogen and oxygen atoms in total. The van der Waals surface area contributed by atoms with Crippen LogP contribution in [0.1, 0.15) is 0 Å². The van der Waals surface area contributed by atoms with Crippen molar-refractivity contribution >= 4 is 33.4 Å². The van der Waals surface area contributed by atoms with Gasteiger partial charge in [0.25, 0.3) is 0 Å². The molecule has 0 heterocycles. The first-order valence-corrected chi connectivity index (χ1v) is 6.58. The van der Waals surface area contributed by atoms with Crippen LogP contribution in [0, 0.1) is 0 Å². The largest absolute Gasteiger partial charge is 0.471 e. The Hall–Kier alpha value is -1.93. The van der Waals surface area contributed by atoms with Gasteiger partial charge in [0.2, 0.25) is 0 Å². The molecular weight excluding hydrogens is 293 g/mol. The maximum Gasteiger partial charge on any atom is 0.471 e. The number of nitrogens with one attached hydrogen (secondary N) is 1. The second-order valence-corrected chi connectivity index (χ2v) is 4.94. The molecule has 0 aliphatic carbocycles. The maximum atomic E-state index is 12.3. The third-order valence-corrected chi connectivity index (χ3v) is 3.39. The molecule has 0 saturated carbocycles. The number of benzene rings is 2. The van der Waals surface area contributed by atoms with Crippen molar-refractivity contribution in [3.8, 4) is 0 Å². The van der Waals surface area contributed by atoms with E-state index in [0.717, 1.165) is 0 Å². The highest BCUT2D eigenvalue weighted by molar-refractivity contribution is 7.83. The molecule has 1 atom stereocenters. The van der Waals surface area contributed by atoms with E-state index in [4.69, 9.17) is 5.14 Å². The van der Waals surface area contributed by atoms with Crippen molar-refractivity contribution < 1.29 is 22.2 Å². The summed E-state index contributed by atoms with van der Waals surface area (Å²) >= 11 is 0. The molecule has 0 saturated heterocycles. The average Bonchev–Trinajstić information content (AvgIpc) is 2.37. The van der Waals surface area contributed by atoms with E-state index in [0.29, 0.717) is 10.8 Å². The van der Waals surface area contributed by atoms with Crippen molar-refractivity contribution in [1.82, 2.24) is 0 Å². The number of fused-ring (bicyclic) bond motifs is 1. The normalized spacial score (nSPS) is 13.2. The van der Waals surface area contributed by atoms with E-state index in [9.17, 15) is 22.2 Å². The molecular formula is C12H9F3N2O2S. The number of carbonyl (C=O) groups is 1. The van der Waals surface area contributed by atoms with Crippen molar-refractivity contribution in [1.29, 1.82) is 0 Å². The SMILES string of the molecule is NS(=O)c1cccc2c(NC(=O)C(F)(F)F)cccc12. The van der Waals surface area contributed by atoms with Crippen molar-refractivity contribution in [2.75, 3.05) is 5.32 Å². The number of hydrogen-bond donors (Lipinski definition) is 2. The summed E-state index contributed by atoms with van der Waals surface area (Å²) in [5.74, 6) is -2.07. The van der Waals surface area contributed by atoms with Gasteiger partial charge in [-0.1, -0.05) is 24.3 Å². The number of hydrogen-bond acceptors (Lipinski definition) is 2. The zero-order chi connectivity index (χ0) is 14.9. The summed E-state index contributed by atoms with van der Waals surface area (Å²) in [5, 5.41) is 7.85. The number of carbonyl (C=O) groups excluding carboxylic acids is 1. The zero-order valence-electron chi connectivity index (χ0n) is 9.90. The zero-order valence-corrected chi connectivity index (χ0v) is 10.7. The van der Waals surface area contributed by atoms with Crippen molar-refractivity contribution in [3.05, 3.63) is 36.4 Å². The summed E-state index contributed by atoms with van der Waals surface area (Å²) < 4.78 is 48.2. The first-order valence-electron chi connectivity index (χ1n) is 5.37. The lowest BCUT2D eigenvalue weighted by Crippen LogP contribution is -2.30. The summed E-state index contributed by atoms with van der Waals surface area (Å²) in [6, 6.07) is 8.87. The van der Waals surface area contributed by atoms with Crippen LogP contribution < -0.4 is 10.5 Å². The van der Waals surface area contributed by atoms with Gasteiger partial charge in [-0.25, -0.2) is 9.35 Å². The number of rotatable bonds is 2. The molecule has 0 bridgehead atoms. The van der Waals surface area contributed by atoms with E-state index >= 15 is 0 Å². The third-order valence-electron chi connectivity index (χ3n) is 2.60. The molecule has 0 aromatic heterocycles. The number of anilines is 1. The Labute approximate surface area is 114 Å². The van der Waals surface area contributed by atoms with Gasteiger partial charge in [0.15, 0.2) is 0 Å². The second kappa shape index (κ2) is 5.22. The van der Waals surface area contributed by atoms with Gasteiger partial charge >= 0.3 is 12.1 Å². The molecule has 20 heavy (non-hydrogen) atoms. The monoisotopic (exact) mass is 302 g/mol. The van der Waals surface area contributed by atoms with Gasteiger partial charge in [-0.05, 0) is 12.1 Å².